The molecule has 0 aliphatic heterocycles. The highest BCUT2D eigenvalue weighted by Gasteiger charge is 1.81. The predicted octanol–water partition coefficient (Wildman–Crippen LogP) is 0.776. The van der Waals surface area contributed by atoms with Gasteiger partial charge in [0.2, 0.25) is 0 Å². The van der Waals surface area contributed by atoms with E-state index in [2.05, 4.69) is 11.7 Å². The van der Waals surface area contributed by atoms with Crippen molar-refractivity contribution in [1.82, 2.24) is 6.15 Å². The van der Waals surface area contributed by atoms with Gasteiger partial charge in [0.15, 0.2) is 0 Å². The van der Waals surface area contributed by atoms with Crippen LogP contribution >= 0.6 is 0 Å². The zero-order valence-corrected chi connectivity index (χ0v) is 11.2. The number of carboxylic acids is 1. The minimum atomic E-state index is -0.833. The molecule has 0 saturated carbocycles. The molecule has 0 unspecified atom stereocenters. The Morgan fingerprint density at radius 2 is 1.53 bits per heavy atom. The maximum Gasteiger partial charge on any atom is 0.302 e. The average molecular weight is 257 g/mol. The lowest BCUT2D eigenvalue weighted by atomic mass is 10.4. The molecule has 0 radical (unpaired) electrons. The Labute approximate surface area is 103 Å². The summed E-state index contributed by atoms with van der Waals surface area (Å²) in [6, 6.07) is 0. The Morgan fingerprint density at radius 3 is 1.53 bits per heavy atom. The Kier molecular flexibility index (Phi) is 51.2. The second-order valence-corrected chi connectivity index (χ2v) is 2.52. The molecular weight excluding hydrogens is 230 g/mol. The number of carboxylic acid groups (broad SMARTS) is 1. The van der Waals surface area contributed by atoms with Crippen molar-refractivity contribution in [3.05, 3.63) is 0 Å². The first-order valence-electron chi connectivity index (χ1n) is 4.86. The Bertz CT molecular complexity index is 146. The van der Waals surface area contributed by atoms with Gasteiger partial charge in [-0.2, -0.15) is 0 Å². The molecule has 0 amide bonds. The van der Waals surface area contributed by atoms with Crippen LogP contribution in [0, 0.1) is 0 Å². The number of aliphatic hydroxyl groups excluding tert-OH is 1. The van der Waals surface area contributed by atoms with Crippen LogP contribution in [0.25, 0.3) is 0 Å². The van der Waals surface area contributed by atoms with E-state index < -0.39 is 5.97 Å². The van der Waals surface area contributed by atoms with Crippen molar-refractivity contribution in [2.45, 2.75) is 40.5 Å². The summed E-state index contributed by atoms with van der Waals surface area (Å²) in [4.78, 5) is 18.8. The molecule has 7 N–H and O–H groups in total. The van der Waals surface area contributed by atoms with Crippen molar-refractivity contribution in [2.75, 3.05) is 13.2 Å². The van der Waals surface area contributed by atoms with Crippen LogP contribution in [0.3, 0.4) is 0 Å². The summed E-state index contributed by atoms with van der Waals surface area (Å²) in [5.41, 5.74) is 0. The van der Waals surface area contributed by atoms with Crippen molar-refractivity contribution >= 4 is 11.9 Å². The molecule has 0 spiro atoms. The first-order chi connectivity index (χ1) is 6.92. The average Bonchev–Trinajstić information content (AvgIpc) is 2.05. The van der Waals surface area contributed by atoms with Crippen LogP contribution in [-0.4, -0.2) is 40.8 Å². The smallest absolute Gasteiger partial charge is 0.302 e. The topological polar surface area (TPSA) is 150 Å². The molecule has 0 heterocycles. The van der Waals surface area contributed by atoms with Crippen molar-refractivity contribution in [3.8, 4) is 0 Å². The first kappa shape index (κ1) is 29.7. The number of ether oxygens (including phenoxy) is 1. The highest BCUT2D eigenvalue weighted by molar-refractivity contribution is 5.65. The highest BCUT2D eigenvalue weighted by atomic mass is 16.5. The molecule has 0 aromatic heterocycles. The molecule has 108 valence electrons. The Balaban J connectivity index is -0.0000000407. The van der Waals surface area contributed by atoms with E-state index >= 15 is 0 Å². The van der Waals surface area contributed by atoms with E-state index in [1.165, 1.54) is 6.92 Å². The van der Waals surface area contributed by atoms with E-state index in [0.29, 0.717) is 13.2 Å². The second kappa shape index (κ2) is 29.4. The first-order valence-corrected chi connectivity index (χ1v) is 4.86. The summed E-state index contributed by atoms with van der Waals surface area (Å²) in [6.45, 7) is 7.13. The van der Waals surface area contributed by atoms with Gasteiger partial charge in [0.05, 0.1) is 6.61 Å². The van der Waals surface area contributed by atoms with E-state index in [1.54, 1.807) is 6.92 Å². The van der Waals surface area contributed by atoms with Crippen molar-refractivity contribution in [2.24, 2.45) is 0 Å². The number of carbonyl (C=O) groups is 2. The van der Waals surface area contributed by atoms with Crippen LogP contribution in [0.15, 0.2) is 0 Å². The van der Waals surface area contributed by atoms with Gasteiger partial charge in [-0.3, -0.25) is 9.59 Å². The number of hydrogen-bond acceptors (Lipinski definition) is 5. The van der Waals surface area contributed by atoms with Crippen LogP contribution in [0.1, 0.15) is 40.5 Å². The minimum absolute atomic E-state index is 0. The van der Waals surface area contributed by atoms with Gasteiger partial charge in [0, 0.05) is 20.5 Å². The fraction of sp³-hybridized carbons (Fsp3) is 0.800. The molecule has 0 bridgehead atoms. The van der Waals surface area contributed by atoms with Crippen LogP contribution < -0.4 is 6.15 Å². The van der Waals surface area contributed by atoms with Crippen molar-refractivity contribution < 1.29 is 30.0 Å². The monoisotopic (exact) mass is 257 g/mol. The number of aliphatic carboxylic acids is 1. The van der Waals surface area contributed by atoms with E-state index in [-0.39, 0.29) is 17.6 Å². The summed E-state index contributed by atoms with van der Waals surface area (Å²) >= 11 is 0. The third-order valence-electron chi connectivity index (χ3n) is 0.859. The lowest BCUT2D eigenvalue weighted by molar-refractivity contribution is -0.140. The number of unbranched alkanes of at least 4 members (excludes halogenated alkanes) is 1. The third kappa shape index (κ3) is 167. The maximum atomic E-state index is 9.82. The van der Waals surface area contributed by atoms with Gasteiger partial charge in [0.1, 0.15) is 0 Å². The van der Waals surface area contributed by atoms with E-state index in [1.807, 2.05) is 0 Å². The third-order valence-corrected chi connectivity index (χ3v) is 0.859. The quantitative estimate of drug-likeness (QED) is 0.635. The SMILES string of the molecule is CC(=O)O.CCCCO.CCOC(C)=O.N.O. The minimum Gasteiger partial charge on any atom is -0.481 e. The zero-order valence-electron chi connectivity index (χ0n) is 11.2. The van der Waals surface area contributed by atoms with Crippen LogP contribution in [0.5, 0.6) is 0 Å². The molecule has 17 heavy (non-hydrogen) atoms. The number of hydrogen-bond donors (Lipinski definition) is 3. The largest absolute Gasteiger partial charge is 0.481 e. The van der Waals surface area contributed by atoms with Gasteiger partial charge in [0.25, 0.3) is 5.97 Å². The van der Waals surface area contributed by atoms with Gasteiger partial charge < -0.3 is 26.6 Å². The molecule has 0 rings (SSSR count). The molecule has 0 atom stereocenters. The second-order valence-electron chi connectivity index (χ2n) is 2.52. The summed E-state index contributed by atoms with van der Waals surface area (Å²) in [7, 11) is 0. The lowest BCUT2D eigenvalue weighted by Crippen LogP contribution is -1.95. The normalized spacial score (nSPS) is 6.65. The molecule has 0 aromatic rings. The molecule has 7 heteroatoms. The molecular formula is C10H27NO6. The van der Waals surface area contributed by atoms with Gasteiger partial charge in [-0.1, -0.05) is 13.3 Å². The fourth-order valence-electron chi connectivity index (χ4n) is 0.361. The number of esters is 1. The molecule has 0 aromatic carbocycles. The summed E-state index contributed by atoms with van der Waals surface area (Å²) < 4.78 is 4.40. The van der Waals surface area contributed by atoms with Gasteiger partial charge in [-0.15, -0.1) is 0 Å². The number of aliphatic hydroxyl groups is 1. The van der Waals surface area contributed by atoms with E-state index in [4.69, 9.17) is 15.0 Å². The summed E-state index contributed by atoms with van der Waals surface area (Å²) in [5, 5.41) is 15.5. The standard InChI is InChI=1S/C4H8O2.C4H10O.C2H4O2.H3N.H2O/c1-3-6-4(2)5;1-2-3-4-5;1-2(3)4;;/h3H2,1-2H3;5H,2-4H2,1H3;1H3,(H,3,4);1H3;1H2. The van der Waals surface area contributed by atoms with Gasteiger partial charge in [-0.25, -0.2) is 0 Å². The lowest BCUT2D eigenvalue weighted by Gasteiger charge is -1.89. The zero-order chi connectivity index (χ0) is 12.7. The fourth-order valence-corrected chi connectivity index (χ4v) is 0.361. The Morgan fingerprint density at radius 1 is 1.18 bits per heavy atom. The van der Waals surface area contributed by atoms with Crippen molar-refractivity contribution in [1.29, 1.82) is 0 Å². The van der Waals surface area contributed by atoms with E-state index in [9.17, 15) is 4.79 Å². The highest BCUT2D eigenvalue weighted by Crippen LogP contribution is 1.78. The molecule has 0 saturated heterocycles. The summed E-state index contributed by atoms with van der Waals surface area (Å²) in [6.07, 6.45) is 2.04. The van der Waals surface area contributed by atoms with Crippen LogP contribution in [0.4, 0.5) is 0 Å². The van der Waals surface area contributed by atoms with Gasteiger partial charge in [-0.05, 0) is 13.3 Å². The van der Waals surface area contributed by atoms with Gasteiger partial charge >= 0.3 is 5.97 Å². The van der Waals surface area contributed by atoms with Crippen molar-refractivity contribution in [3.63, 3.8) is 0 Å². The van der Waals surface area contributed by atoms with E-state index in [0.717, 1.165) is 19.8 Å². The maximum absolute atomic E-state index is 9.82. The molecule has 0 fully saturated rings. The molecule has 0 aliphatic rings. The Hall–Kier alpha value is -1.18. The number of carbonyl (C=O) groups excluding carboxylic acids is 1. The summed E-state index contributed by atoms with van der Waals surface area (Å²) in [5.74, 6) is -1.04. The van der Waals surface area contributed by atoms with Crippen LogP contribution in [-0.2, 0) is 14.3 Å². The molecule has 0 aliphatic carbocycles. The number of rotatable bonds is 3. The molecule has 7 nitrogen and oxygen atoms in total. The predicted molar refractivity (Wildman–Crippen MR) is 66.2 cm³/mol. The van der Waals surface area contributed by atoms with Crippen LogP contribution in [0.2, 0.25) is 0 Å².